The number of hydrogen-bond acceptors (Lipinski definition) is 7. The fourth-order valence-electron chi connectivity index (χ4n) is 0.163. The van der Waals surface area contributed by atoms with E-state index >= 15 is 0 Å². The van der Waals surface area contributed by atoms with Crippen LogP contribution in [0.1, 0.15) is 5.71 Å². The first kappa shape index (κ1) is 29.5. The summed E-state index contributed by atoms with van der Waals surface area (Å²) in [6.45, 7) is 0. The Morgan fingerprint density at radius 1 is 0.857 bits per heavy atom. The van der Waals surface area contributed by atoms with Gasteiger partial charge in [-0.3, -0.25) is 0 Å². The van der Waals surface area contributed by atoms with Gasteiger partial charge in [-0.2, -0.15) is 0 Å². The second-order valence-electron chi connectivity index (χ2n) is 0.986. The van der Waals surface area contributed by atoms with E-state index in [2.05, 4.69) is 9.47 Å². The molecule has 0 aliphatic rings. The summed E-state index contributed by atoms with van der Waals surface area (Å²) in [4.78, 5) is 28.8. The van der Waals surface area contributed by atoms with Gasteiger partial charge >= 0.3 is 116 Å². The maximum Gasteiger partial charge on any atom is 2.00 e. The smallest absolute Gasteiger partial charge is 1.00 e. The molecule has 8 N–H and O–H groups in total. The van der Waals surface area contributed by atoms with Gasteiger partial charge in [0.15, 0.2) is 0 Å². The Balaban J connectivity index is -0.0000000145. The number of rotatable bonds is 0. The monoisotopic (exact) mass is 464 g/mol. The third kappa shape index (κ3) is 23.3. The van der Waals surface area contributed by atoms with Gasteiger partial charge in [0.1, 0.15) is 0 Å². The van der Waals surface area contributed by atoms with E-state index in [1.165, 1.54) is 0 Å². The van der Waals surface area contributed by atoms with Crippen molar-refractivity contribution in [2.45, 2.75) is 0 Å². The molecule has 0 radical (unpaired) electrons. The molecule has 0 amide bonds. The number of hydrogen-bond donors (Lipinski definition) is 4. The predicted octanol–water partition coefficient (Wildman–Crippen LogP) is 0.508. The van der Waals surface area contributed by atoms with E-state index in [1.54, 1.807) is 0 Å². The Morgan fingerprint density at radius 3 is 1.21 bits per heavy atom. The molecule has 0 aromatic heterocycles. The van der Waals surface area contributed by atoms with Crippen molar-refractivity contribution in [3.63, 3.8) is 0 Å². The molecule has 0 atom stereocenters. The van der Waals surface area contributed by atoms with Gasteiger partial charge < -0.3 is 37.7 Å². The van der Waals surface area contributed by atoms with Crippen molar-refractivity contribution in [1.29, 1.82) is 0 Å². The minimum atomic E-state index is -1.92. The van der Waals surface area contributed by atoms with Crippen LogP contribution in [0.15, 0.2) is 0 Å². The Bertz CT molecular complexity index is 182. The number of carbonyl (C=O) groups is 3. The van der Waals surface area contributed by atoms with Crippen LogP contribution in [0.25, 0.3) is 0 Å². The van der Waals surface area contributed by atoms with Crippen molar-refractivity contribution in [1.82, 2.24) is 12.3 Å². The van der Waals surface area contributed by atoms with E-state index in [4.69, 9.17) is 10.2 Å². The van der Waals surface area contributed by atoms with E-state index in [0.29, 0.717) is 0 Å². The zero-order valence-corrected chi connectivity index (χ0v) is 16.1. The molecular weight excluding hydrogens is 451 g/mol. The molecule has 9 nitrogen and oxygen atoms in total. The second-order valence-corrected chi connectivity index (χ2v) is 0.986. The second kappa shape index (κ2) is 16.7. The van der Waals surface area contributed by atoms with Gasteiger partial charge in [-0.05, 0) is 0 Å². The molecule has 0 saturated heterocycles. The molecule has 0 bridgehead atoms. The summed E-state index contributed by atoms with van der Waals surface area (Å²) < 4.78 is 6.47. The third-order valence-electron chi connectivity index (χ3n) is 0.341. The van der Waals surface area contributed by atoms with E-state index in [9.17, 15) is 14.4 Å². The largest absolute Gasteiger partial charge is 2.00 e. The van der Waals surface area contributed by atoms with Crippen molar-refractivity contribution in [2.75, 3.05) is 0 Å². The summed E-state index contributed by atoms with van der Waals surface area (Å²) in [5.74, 6) is 0. The minimum Gasteiger partial charge on any atom is -1.00 e. The molecule has 11 heteroatoms. The SMILES string of the molecule is N.N.O=C(O)OC(=O)OC(=O)O.[Ba+2].[Ba+2].[H-].[H-].[H-].[H-]. The molecule has 0 spiro atoms. The van der Waals surface area contributed by atoms with Crippen molar-refractivity contribution >= 4 is 116 Å². The third-order valence-corrected chi connectivity index (χ3v) is 0.341. The van der Waals surface area contributed by atoms with Crippen molar-refractivity contribution in [3.05, 3.63) is 0 Å². The molecule has 0 unspecified atom stereocenters. The van der Waals surface area contributed by atoms with Crippen LogP contribution in [-0.2, 0) is 9.47 Å². The summed E-state index contributed by atoms with van der Waals surface area (Å²) in [7, 11) is 0. The Hall–Kier alpha value is 1.27. The van der Waals surface area contributed by atoms with Crippen molar-refractivity contribution in [2.24, 2.45) is 0 Å². The van der Waals surface area contributed by atoms with Crippen LogP contribution in [0.3, 0.4) is 0 Å². The fraction of sp³-hybridized carbons (Fsp3) is 0. The van der Waals surface area contributed by atoms with Gasteiger partial charge in [0.2, 0.25) is 0 Å². The van der Waals surface area contributed by atoms with E-state index in [1.807, 2.05) is 0 Å². The summed E-state index contributed by atoms with van der Waals surface area (Å²) in [6.07, 6.45) is -5.64. The van der Waals surface area contributed by atoms with E-state index in [0.717, 1.165) is 0 Å². The number of ether oxygens (including phenoxy) is 2. The van der Waals surface area contributed by atoms with Crippen molar-refractivity contribution < 1.29 is 39.8 Å². The first-order valence-electron chi connectivity index (χ1n) is 1.88. The summed E-state index contributed by atoms with van der Waals surface area (Å²) in [5, 5.41) is 15.4. The molecule has 80 valence electrons. The van der Waals surface area contributed by atoms with Gasteiger partial charge in [-0.25, -0.2) is 14.4 Å². The summed E-state index contributed by atoms with van der Waals surface area (Å²) in [6, 6.07) is 0. The van der Waals surface area contributed by atoms with Gasteiger partial charge in [-0.15, -0.1) is 0 Å². The van der Waals surface area contributed by atoms with Crippen LogP contribution < -0.4 is 12.3 Å². The Kier molecular flexibility index (Phi) is 35.2. The van der Waals surface area contributed by atoms with Gasteiger partial charge in [-0.1, -0.05) is 0 Å². The number of carboxylic acid groups (broad SMARTS) is 2. The predicted molar refractivity (Wildman–Crippen MR) is 49.6 cm³/mol. The number of carbonyl (C=O) groups excluding carboxylic acids is 1. The first-order valence-corrected chi connectivity index (χ1v) is 1.88. The summed E-state index contributed by atoms with van der Waals surface area (Å²) in [5.41, 5.74) is 0. The van der Waals surface area contributed by atoms with Crippen LogP contribution in [0, 0.1) is 0 Å². The molecular formula is C3H12Ba2N2O7. The van der Waals surface area contributed by atoms with Crippen LogP contribution in [0.4, 0.5) is 14.4 Å². The molecule has 0 heterocycles. The molecule has 0 saturated carbocycles. The standard InChI is InChI=1S/C3H2O7.2Ba.2H3N.4H/c4-1(5)9-3(8)10-2(6)7;;;;;;;;/h(H,4,5)(H,6,7);;;2*1H3;;;;/q;2*+2;;;4*-1. The van der Waals surface area contributed by atoms with E-state index < -0.39 is 18.5 Å². The Morgan fingerprint density at radius 2 is 1.07 bits per heavy atom. The molecule has 0 aliphatic heterocycles. The van der Waals surface area contributed by atoms with Gasteiger partial charge in [0, 0.05) is 0 Å². The van der Waals surface area contributed by atoms with E-state index in [-0.39, 0.29) is 116 Å². The van der Waals surface area contributed by atoms with Crippen LogP contribution in [-0.4, -0.2) is 126 Å². The maximum absolute atomic E-state index is 9.86. The average molecular weight is 463 g/mol. The van der Waals surface area contributed by atoms with Crippen LogP contribution in [0.2, 0.25) is 0 Å². The van der Waals surface area contributed by atoms with Crippen LogP contribution >= 0.6 is 0 Å². The summed E-state index contributed by atoms with van der Waals surface area (Å²) >= 11 is 0. The molecule has 0 rings (SSSR count). The normalized spacial score (nSPS) is 5.71. The molecule has 0 aromatic rings. The van der Waals surface area contributed by atoms with Crippen LogP contribution in [0.5, 0.6) is 0 Å². The maximum atomic E-state index is 9.86. The van der Waals surface area contributed by atoms with Crippen molar-refractivity contribution in [3.8, 4) is 0 Å². The average Bonchev–Trinajstić information content (AvgIpc) is 1.58. The molecule has 14 heavy (non-hydrogen) atoms. The van der Waals surface area contributed by atoms with Gasteiger partial charge in [0.25, 0.3) is 0 Å². The minimum absolute atomic E-state index is 0. The Labute approximate surface area is 165 Å². The zero-order valence-electron chi connectivity index (χ0n) is 11.3. The molecule has 0 aliphatic carbocycles. The van der Waals surface area contributed by atoms with Gasteiger partial charge in [0.05, 0.1) is 0 Å². The quantitative estimate of drug-likeness (QED) is 0.226. The topological polar surface area (TPSA) is 180 Å². The molecule has 0 fully saturated rings. The zero-order chi connectivity index (χ0) is 8.15. The first-order chi connectivity index (χ1) is 4.52. The fourth-order valence-corrected chi connectivity index (χ4v) is 0.163. The molecule has 0 aromatic carbocycles.